The number of alkyl halides is 2. The Bertz CT molecular complexity index is 95.5. The van der Waals surface area contributed by atoms with Crippen molar-refractivity contribution in [2.45, 2.75) is 5.25 Å². The maximum Gasteiger partial charge on any atom is 0.0521 e. The predicted octanol–water partition coefficient (Wildman–Crippen LogP) is 2.29. The molecule has 0 aromatic heterocycles. The summed E-state index contributed by atoms with van der Waals surface area (Å²) < 4.78 is 0. The van der Waals surface area contributed by atoms with E-state index in [0.29, 0.717) is 17.0 Å². The number of halogens is 2. The molecule has 12 heavy (non-hydrogen) atoms. The van der Waals surface area contributed by atoms with Crippen LogP contribution in [0.5, 0.6) is 0 Å². The molecular weight excluding hydrogens is 235 g/mol. The highest BCUT2D eigenvalue weighted by Crippen LogP contribution is 2.17. The van der Waals surface area contributed by atoms with Crippen molar-refractivity contribution in [1.82, 2.24) is 0 Å². The van der Waals surface area contributed by atoms with Crippen LogP contribution in [0.2, 0.25) is 0 Å². The quantitative estimate of drug-likeness (QED) is 0.526. The molecule has 0 aliphatic carbocycles. The van der Waals surface area contributed by atoms with Gasteiger partial charge < -0.3 is 5.11 Å². The minimum atomic E-state index is 0.234. The van der Waals surface area contributed by atoms with Crippen LogP contribution in [0.15, 0.2) is 0 Å². The van der Waals surface area contributed by atoms with Gasteiger partial charge in [-0.15, -0.1) is 23.2 Å². The van der Waals surface area contributed by atoms with E-state index in [1.165, 1.54) is 0 Å². The molecule has 0 aromatic carbocycles. The van der Waals surface area contributed by atoms with Crippen molar-refractivity contribution in [1.29, 1.82) is 0 Å². The second kappa shape index (κ2) is 10.3. The van der Waals surface area contributed by atoms with Crippen molar-refractivity contribution < 1.29 is 5.11 Å². The van der Waals surface area contributed by atoms with Crippen LogP contribution < -0.4 is 0 Å². The minimum Gasteiger partial charge on any atom is -0.396 e. The van der Waals surface area contributed by atoms with Crippen LogP contribution in [0.1, 0.15) is 0 Å². The van der Waals surface area contributed by atoms with Crippen molar-refractivity contribution >= 4 is 46.7 Å². The number of hydrogen-bond acceptors (Lipinski definition) is 3. The molecule has 1 atom stereocenters. The molecule has 0 saturated heterocycles. The molecule has 1 nitrogen and oxygen atoms in total. The first-order chi connectivity index (χ1) is 5.85. The van der Waals surface area contributed by atoms with E-state index in [1.54, 1.807) is 11.8 Å². The first kappa shape index (κ1) is 13.2. The first-order valence-corrected chi connectivity index (χ1v) is 7.04. The van der Waals surface area contributed by atoms with Crippen molar-refractivity contribution in [3.8, 4) is 0 Å². The zero-order chi connectivity index (χ0) is 9.23. The van der Waals surface area contributed by atoms with Gasteiger partial charge in [-0.3, -0.25) is 0 Å². The molecule has 0 amide bonds. The number of thioether (sulfide) groups is 2. The molecule has 0 aliphatic heterocycles. The van der Waals surface area contributed by atoms with Crippen molar-refractivity contribution in [3.05, 3.63) is 0 Å². The Labute approximate surface area is 92.6 Å². The van der Waals surface area contributed by atoms with E-state index in [9.17, 15) is 0 Å². The monoisotopic (exact) mass is 248 g/mol. The third-order valence-electron chi connectivity index (χ3n) is 1.14. The van der Waals surface area contributed by atoms with Gasteiger partial charge in [-0.2, -0.15) is 23.5 Å². The summed E-state index contributed by atoms with van der Waals surface area (Å²) in [4.78, 5) is 0. The van der Waals surface area contributed by atoms with Gasteiger partial charge in [-0.25, -0.2) is 0 Å². The number of rotatable bonds is 8. The lowest BCUT2D eigenvalue weighted by Gasteiger charge is -2.11. The van der Waals surface area contributed by atoms with Gasteiger partial charge in [-0.05, 0) is 0 Å². The van der Waals surface area contributed by atoms with Crippen LogP contribution >= 0.6 is 46.7 Å². The average molecular weight is 249 g/mol. The van der Waals surface area contributed by atoms with Crippen LogP contribution in [-0.4, -0.2) is 46.0 Å². The van der Waals surface area contributed by atoms with Crippen LogP contribution in [0.25, 0.3) is 0 Å². The van der Waals surface area contributed by atoms with E-state index < -0.39 is 0 Å². The molecule has 1 unspecified atom stereocenters. The Morgan fingerprint density at radius 3 is 2.50 bits per heavy atom. The fourth-order valence-corrected chi connectivity index (χ4v) is 3.32. The third kappa shape index (κ3) is 7.87. The molecule has 0 fully saturated rings. The summed E-state index contributed by atoms with van der Waals surface area (Å²) in [5.74, 6) is 4.14. The lowest BCUT2D eigenvalue weighted by Crippen LogP contribution is -2.10. The molecule has 0 heterocycles. The molecular formula is C7H14Cl2OS2. The van der Waals surface area contributed by atoms with E-state index in [-0.39, 0.29) is 6.61 Å². The summed E-state index contributed by atoms with van der Waals surface area (Å²) in [6.45, 7) is 0.234. The Kier molecular flexibility index (Phi) is 11.4. The molecule has 0 aliphatic rings. The SMILES string of the molecule is OCCSC(CCl)CSCCCl. The van der Waals surface area contributed by atoms with Crippen molar-refractivity contribution in [3.63, 3.8) is 0 Å². The average Bonchev–Trinajstić information content (AvgIpc) is 2.11. The highest BCUT2D eigenvalue weighted by molar-refractivity contribution is 8.03. The van der Waals surface area contributed by atoms with Crippen LogP contribution in [0.3, 0.4) is 0 Å². The predicted molar refractivity (Wildman–Crippen MR) is 62.1 cm³/mol. The molecule has 0 saturated carbocycles. The number of hydrogen-bond donors (Lipinski definition) is 1. The second-order valence-corrected chi connectivity index (χ2v) is 5.38. The Morgan fingerprint density at radius 1 is 1.25 bits per heavy atom. The van der Waals surface area contributed by atoms with Gasteiger partial charge in [0.25, 0.3) is 0 Å². The lowest BCUT2D eigenvalue weighted by molar-refractivity contribution is 0.322. The molecule has 74 valence electrons. The standard InChI is InChI=1S/C7H14Cl2OS2/c8-1-3-11-6-7(5-9)12-4-2-10/h7,10H,1-6H2. The van der Waals surface area contributed by atoms with E-state index in [0.717, 1.165) is 17.3 Å². The fourth-order valence-electron chi connectivity index (χ4n) is 0.626. The molecule has 5 heteroatoms. The number of aliphatic hydroxyl groups is 1. The lowest BCUT2D eigenvalue weighted by atomic mass is 10.5. The van der Waals surface area contributed by atoms with Gasteiger partial charge in [0.15, 0.2) is 0 Å². The molecule has 0 spiro atoms. The third-order valence-corrected chi connectivity index (χ3v) is 4.68. The molecule has 1 N–H and O–H groups in total. The van der Waals surface area contributed by atoms with Crippen LogP contribution in [0.4, 0.5) is 0 Å². The minimum absolute atomic E-state index is 0.234. The first-order valence-electron chi connectivity index (χ1n) is 3.77. The van der Waals surface area contributed by atoms with E-state index >= 15 is 0 Å². The maximum atomic E-state index is 8.59. The maximum absolute atomic E-state index is 8.59. The molecule has 0 bridgehead atoms. The molecule has 0 rings (SSSR count). The van der Waals surface area contributed by atoms with Crippen molar-refractivity contribution in [2.24, 2.45) is 0 Å². The second-order valence-electron chi connectivity index (χ2n) is 2.13. The summed E-state index contributed by atoms with van der Waals surface area (Å²) in [6.07, 6.45) is 0. The Hall–Kier alpha value is 1.24. The summed E-state index contributed by atoms with van der Waals surface area (Å²) in [5.41, 5.74) is 0. The van der Waals surface area contributed by atoms with Gasteiger partial charge in [0.2, 0.25) is 0 Å². The van der Waals surface area contributed by atoms with E-state index in [2.05, 4.69) is 0 Å². The zero-order valence-corrected chi connectivity index (χ0v) is 9.98. The van der Waals surface area contributed by atoms with Crippen LogP contribution in [-0.2, 0) is 0 Å². The van der Waals surface area contributed by atoms with E-state index in [1.807, 2.05) is 11.8 Å². The molecule has 0 radical (unpaired) electrons. The smallest absolute Gasteiger partial charge is 0.0521 e. The summed E-state index contributed by atoms with van der Waals surface area (Å²) >= 11 is 14.8. The van der Waals surface area contributed by atoms with E-state index in [4.69, 9.17) is 28.3 Å². The number of aliphatic hydroxyl groups excluding tert-OH is 1. The normalized spacial score (nSPS) is 13.2. The summed E-state index contributed by atoms with van der Waals surface area (Å²) in [6, 6.07) is 0. The molecule has 0 aromatic rings. The summed E-state index contributed by atoms with van der Waals surface area (Å²) in [7, 11) is 0. The van der Waals surface area contributed by atoms with Gasteiger partial charge in [0, 0.05) is 34.3 Å². The Balaban J connectivity index is 3.26. The zero-order valence-electron chi connectivity index (χ0n) is 6.84. The van der Waals surface area contributed by atoms with Crippen molar-refractivity contribution in [2.75, 3.05) is 35.6 Å². The van der Waals surface area contributed by atoms with Gasteiger partial charge in [-0.1, -0.05) is 0 Å². The van der Waals surface area contributed by atoms with Crippen LogP contribution in [0, 0.1) is 0 Å². The van der Waals surface area contributed by atoms with Gasteiger partial charge in [0.05, 0.1) is 6.61 Å². The summed E-state index contributed by atoms with van der Waals surface area (Å²) in [5, 5.41) is 9.04. The fraction of sp³-hybridized carbons (Fsp3) is 1.00. The Morgan fingerprint density at radius 2 is 2.00 bits per heavy atom. The van der Waals surface area contributed by atoms with Gasteiger partial charge >= 0.3 is 0 Å². The highest BCUT2D eigenvalue weighted by Gasteiger charge is 2.06. The largest absolute Gasteiger partial charge is 0.396 e. The highest BCUT2D eigenvalue weighted by atomic mass is 35.5. The van der Waals surface area contributed by atoms with Gasteiger partial charge in [0.1, 0.15) is 0 Å². The topological polar surface area (TPSA) is 20.2 Å².